The molecule has 4 nitrogen and oxygen atoms in total. The number of hydrogen-bond acceptors (Lipinski definition) is 3. The summed E-state index contributed by atoms with van der Waals surface area (Å²) in [4.78, 5) is 17.6. The predicted octanol–water partition coefficient (Wildman–Crippen LogP) is 2.94. The van der Waals surface area contributed by atoms with Crippen molar-refractivity contribution in [1.82, 2.24) is 9.55 Å². The number of aliphatic hydroxyl groups is 1. The maximum atomic E-state index is 13.2. The Morgan fingerprint density at radius 3 is 2.40 bits per heavy atom. The van der Waals surface area contributed by atoms with Gasteiger partial charge < -0.3 is 5.11 Å². The SMILES string of the molecule is Cc1nc(-c2ccccc2)n(Cc2ccc(F)cc2)c(=O)c1CCO. The summed E-state index contributed by atoms with van der Waals surface area (Å²) >= 11 is 0. The zero-order valence-electron chi connectivity index (χ0n) is 13.9. The summed E-state index contributed by atoms with van der Waals surface area (Å²) in [5.74, 6) is 0.247. The minimum atomic E-state index is -0.317. The number of halogens is 1. The van der Waals surface area contributed by atoms with E-state index in [-0.39, 0.29) is 30.9 Å². The third-order valence-corrected chi connectivity index (χ3v) is 4.12. The molecule has 25 heavy (non-hydrogen) atoms. The van der Waals surface area contributed by atoms with Crippen molar-refractivity contribution < 1.29 is 9.50 Å². The lowest BCUT2D eigenvalue weighted by atomic mass is 10.1. The molecule has 3 aromatic rings. The van der Waals surface area contributed by atoms with Crippen LogP contribution in [0.3, 0.4) is 0 Å². The molecule has 128 valence electrons. The first-order valence-corrected chi connectivity index (χ1v) is 8.11. The third-order valence-electron chi connectivity index (χ3n) is 4.12. The quantitative estimate of drug-likeness (QED) is 0.778. The molecule has 0 fully saturated rings. The van der Waals surface area contributed by atoms with Crippen LogP contribution in [0.1, 0.15) is 16.8 Å². The van der Waals surface area contributed by atoms with Gasteiger partial charge in [-0.05, 0) is 24.6 Å². The molecule has 0 aliphatic rings. The van der Waals surface area contributed by atoms with Crippen molar-refractivity contribution in [2.75, 3.05) is 6.61 Å². The van der Waals surface area contributed by atoms with Gasteiger partial charge in [0.15, 0.2) is 0 Å². The molecule has 1 aromatic heterocycles. The van der Waals surface area contributed by atoms with E-state index in [9.17, 15) is 14.3 Å². The highest BCUT2D eigenvalue weighted by Gasteiger charge is 2.15. The topological polar surface area (TPSA) is 55.1 Å². The van der Waals surface area contributed by atoms with Gasteiger partial charge in [-0.15, -0.1) is 0 Å². The summed E-state index contributed by atoms with van der Waals surface area (Å²) in [7, 11) is 0. The van der Waals surface area contributed by atoms with E-state index in [1.807, 2.05) is 30.3 Å². The Morgan fingerprint density at radius 2 is 1.76 bits per heavy atom. The number of aromatic nitrogens is 2. The van der Waals surface area contributed by atoms with E-state index in [2.05, 4.69) is 4.98 Å². The van der Waals surface area contributed by atoms with Crippen molar-refractivity contribution in [2.45, 2.75) is 19.9 Å². The lowest BCUT2D eigenvalue weighted by Gasteiger charge is -2.16. The first kappa shape index (κ1) is 17.0. The Bertz CT molecular complexity index is 919. The Labute approximate surface area is 145 Å². The molecule has 2 aromatic carbocycles. The number of benzene rings is 2. The van der Waals surface area contributed by atoms with Crippen molar-refractivity contribution >= 4 is 0 Å². The van der Waals surface area contributed by atoms with Crippen molar-refractivity contribution in [3.05, 3.63) is 87.6 Å². The van der Waals surface area contributed by atoms with E-state index < -0.39 is 0 Å². The normalized spacial score (nSPS) is 10.8. The van der Waals surface area contributed by atoms with Gasteiger partial charge in [-0.2, -0.15) is 0 Å². The summed E-state index contributed by atoms with van der Waals surface area (Å²) < 4.78 is 14.7. The fourth-order valence-electron chi connectivity index (χ4n) is 2.83. The Kier molecular flexibility index (Phi) is 5.05. The van der Waals surface area contributed by atoms with E-state index in [1.165, 1.54) is 12.1 Å². The number of rotatable bonds is 5. The summed E-state index contributed by atoms with van der Waals surface area (Å²) in [6.45, 7) is 1.95. The van der Waals surface area contributed by atoms with Gasteiger partial charge in [0.05, 0.1) is 6.54 Å². The van der Waals surface area contributed by atoms with Crippen LogP contribution < -0.4 is 5.56 Å². The molecule has 0 aliphatic heterocycles. The largest absolute Gasteiger partial charge is 0.396 e. The minimum absolute atomic E-state index is 0.112. The van der Waals surface area contributed by atoms with Gasteiger partial charge in [-0.25, -0.2) is 9.37 Å². The summed E-state index contributed by atoms with van der Waals surface area (Å²) in [5.41, 5.74) is 2.59. The van der Waals surface area contributed by atoms with Crippen LogP contribution in [0.15, 0.2) is 59.4 Å². The van der Waals surface area contributed by atoms with Crippen LogP contribution in [0.5, 0.6) is 0 Å². The molecular formula is C20H19FN2O2. The second kappa shape index (κ2) is 7.40. The third kappa shape index (κ3) is 3.67. The van der Waals surface area contributed by atoms with Crippen LogP contribution in [0, 0.1) is 12.7 Å². The van der Waals surface area contributed by atoms with Crippen molar-refractivity contribution in [3.63, 3.8) is 0 Å². The van der Waals surface area contributed by atoms with E-state index in [1.54, 1.807) is 23.6 Å². The fourth-order valence-corrected chi connectivity index (χ4v) is 2.83. The van der Waals surface area contributed by atoms with Gasteiger partial charge in [0.1, 0.15) is 11.6 Å². The van der Waals surface area contributed by atoms with Gasteiger partial charge >= 0.3 is 0 Å². The van der Waals surface area contributed by atoms with Crippen LogP contribution >= 0.6 is 0 Å². The minimum Gasteiger partial charge on any atom is -0.396 e. The lowest BCUT2D eigenvalue weighted by molar-refractivity contribution is 0.298. The zero-order valence-corrected chi connectivity index (χ0v) is 13.9. The lowest BCUT2D eigenvalue weighted by Crippen LogP contribution is -2.29. The highest BCUT2D eigenvalue weighted by atomic mass is 19.1. The Morgan fingerprint density at radius 1 is 1.08 bits per heavy atom. The van der Waals surface area contributed by atoms with Gasteiger partial charge in [0.2, 0.25) is 0 Å². The second-order valence-corrected chi connectivity index (χ2v) is 5.86. The van der Waals surface area contributed by atoms with Crippen LogP contribution in [0.2, 0.25) is 0 Å². The zero-order chi connectivity index (χ0) is 17.8. The number of aliphatic hydroxyl groups excluding tert-OH is 1. The van der Waals surface area contributed by atoms with Crippen LogP contribution in [0.4, 0.5) is 4.39 Å². The summed E-state index contributed by atoms with van der Waals surface area (Å²) in [6, 6.07) is 15.5. The molecule has 0 saturated heterocycles. The number of hydrogen-bond donors (Lipinski definition) is 1. The monoisotopic (exact) mass is 338 g/mol. The average molecular weight is 338 g/mol. The molecule has 5 heteroatoms. The highest BCUT2D eigenvalue weighted by Crippen LogP contribution is 2.18. The molecule has 3 rings (SSSR count). The first-order valence-electron chi connectivity index (χ1n) is 8.11. The molecule has 0 unspecified atom stereocenters. The van der Waals surface area contributed by atoms with Crippen molar-refractivity contribution in [2.24, 2.45) is 0 Å². The van der Waals surface area contributed by atoms with Gasteiger partial charge in [0, 0.05) is 29.8 Å². The molecule has 0 aliphatic carbocycles. The molecule has 0 saturated carbocycles. The van der Waals surface area contributed by atoms with E-state index in [0.29, 0.717) is 17.1 Å². The van der Waals surface area contributed by atoms with Crippen molar-refractivity contribution in [3.8, 4) is 11.4 Å². The maximum Gasteiger partial charge on any atom is 0.257 e. The van der Waals surface area contributed by atoms with Gasteiger partial charge in [0.25, 0.3) is 5.56 Å². The molecule has 0 amide bonds. The standard InChI is InChI=1S/C20H19FN2O2/c1-14-18(11-12-24)20(25)23(13-15-7-9-17(21)10-8-15)19(22-14)16-5-3-2-4-6-16/h2-10,24H,11-13H2,1H3. The average Bonchev–Trinajstić information content (AvgIpc) is 2.63. The maximum absolute atomic E-state index is 13.2. The molecule has 0 bridgehead atoms. The van der Waals surface area contributed by atoms with E-state index >= 15 is 0 Å². The molecule has 1 heterocycles. The van der Waals surface area contributed by atoms with E-state index in [4.69, 9.17) is 0 Å². The molecule has 0 spiro atoms. The van der Waals surface area contributed by atoms with Crippen molar-refractivity contribution in [1.29, 1.82) is 0 Å². The Balaban J connectivity index is 2.17. The van der Waals surface area contributed by atoms with Gasteiger partial charge in [-0.1, -0.05) is 42.5 Å². The van der Waals surface area contributed by atoms with Crippen LogP contribution in [-0.4, -0.2) is 21.3 Å². The predicted molar refractivity (Wildman–Crippen MR) is 95.0 cm³/mol. The highest BCUT2D eigenvalue weighted by molar-refractivity contribution is 5.56. The van der Waals surface area contributed by atoms with Crippen LogP contribution in [0.25, 0.3) is 11.4 Å². The number of aryl methyl sites for hydroxylation is 1. The number of nitrogens with zero attached hydrogens (tertiary/aromatic N) is 2. The molecule has 1 N–H and O–H groups in total. The molecular weight excluding hydrogens is 319 g/mol. The summed E-state index contributed by atoms with van der Waals surface area (Å²) in [6.07, 6.45) is 0.260. The summed E-state index contributed by atoms with van der Waals surface area (Å²) in [5, 5.41) is 9.25. The van der Waals surface area contributed by atoms with Gasteiger partial charge in [-0.3, -0.25) is 9.36 Å². The smallest absolute Gasteiger partial charge is 0.257 e. The fraction of sp³-hybridized carbons (Fsp3) is 0.200. The first-order chi connectivity index (χ1) is 12.1. The van der Waals surface area contributed by atoms with Crippen LogP contribution in [-0.2, 0) is 13.0 Å². The Hall–Kier alpha value is -2.79. The molecule has 0 atom stereocenters. The molecule has 0 radical (unpaired) electrons. The second-order valence-electron chi connectivity index (χ2n) is 5.86. The van der Waals surface area contributed by atoms with E-state index in [0.717, 1.165) is 11.1 Å².